The summed E-state index contributed by atoms with van der Waals surface area (Å²) in [6.07, 6.45) is 0. The summed E-state index contributed by atoms with van der Waals surface area (Å²) in [6, 6.07) is 10.7. The molecule has 0 amide bonds. The molecule has 0 saturated carbocycles. The molecule has 4 heteroatoms. The van der Waals surface area contributed by atoms with Crippen molar-refractivity contribution in [2.24, 2.45) is 5.73 Å². The lowest BCUT2D eigenvalue weighted by Gasteiger charge is -2.04. The molecule has 0 aromatic heterocycles. The van der Waals surface area contributed by atoms with Crippen LogP contribution in [0.5, 0.6) is 0 Å². The van der Waals surface area contributed by atoms with Gasteiger partial charge >= 0.3 is 5.97 Å². The largest absolute Gasteiger partial charge is 0.465 e. The number of carbonyl (C=O) groups is 1. The standard InChI is InChI=1S/C13H12N2O2/c1-17-13(16)11-5-3-8-6-10(12(14)15)4-2-9(8)7-11/h2-7H,1H3,(H3,14,15). The van der Waals surface area contributed by atoms with E-state index in [1.165, 1.54) is 7.11 Å². The average molecular weight is 228 g/mol. The summed E-state index contributed by atoms with van der Waals surface area (Å²) in [5.41, 5.74) is 6.59. The van der Waals surface area contributed by atoms with Gasteiger partial charge in [-0.25, -0.2) is 4.79 Å². The van der Waals surface area contributed by atoms with Crippen LogP contribution in [0.2, 0.25) is 0 Å². The van der Waals surface area contributed by atoms with E-state index in [2.05, 4.69) is 4.74 Å². The van der Waals surface area contributed by atoms with Gasteiger partial charge in [0.1, 0.15) is 5.84 Å². The Labute approximate surface area is 98.5 Å². The highest BCUT2D eigenvalue weighted by molar-refractivity contribution is 6.01. The number of methoxy groups -OCH3 is 1. The summed E-state index contributed by atoms with van der Waals surface area (Å²) in [4.78, 5) is 11.4. The van der Waals surface area contributed by atoms with Crippen LogP contribution in [0.4, 0.5) is 0 Å². The highest BCUT2D eigenvalue weighted by Crippen LogP contribution is 2.18. The molecule has 0 aliphatic heterocycles. The number of benzene rings is 2. The molecule has 2 aromatic rings. The smallest absolute Gasteiger partial charge is 0.337 e. The van der Waals surface area contributed by atoms with Crippen molar-refractivity contribution in [3.63, 3.8) is 0 Å². The first-order valence-electron chi connectivity index (χ1n) is 5.08. The summed E-state index contributed by atoms with van der Waals surface area (Å²) in [5.74, 6) is -0.327. The Bertz CT molecular complexity index is 605. The molecular weight excluding hydrogens is 216 g/mol. The normalized spacial score (nSPS) is 10.2. The van der Waals surface area contributed by atoms with Crippen molar-refractivity contribution in [2.75, 3.05) is 7.11 Å². The van der Waals surface area contributed by atoms with E-state index in [9.17, 15) is 4.79 Å². The molecule has 0 atom stereocenters. The van der Waals surface area contributed by atoms with E-state index in [0.29, 0.717) is 11.1 Å². The first-order chi connectivity index (χ1) is 8.11. The van der Waals surface area contributed by atoms with Crippen molar-refractivity contribution in [3.8, 4) is 0 Å². The Kier molecular flexibility index (Phi) is 2.78. The second-order valence-corrected chi connectivity index (χ2v) is 3.68. The Hall–Kier alpha value is -2.36. The van der Waals surface area contributed by atoms with Gasteiger partial charge in [-0.1, -0.05) is 18.2 Å². The topological polar surface area (TPSA) is 76.2 Å². The maximum Gasteiger partial charge on any atom is 0.337 e. The molecule has 0 aliphatic rings. The predicted octanol–water partition coefficient (Wildman–Crippen LogP) is 1.91. The van der Waals surface area contributed by atoms with Crippen LogP contribution in [-0.2, 0) is 4.74 Å². The molecule has 3 N–H and O–H groups in total. The van der Waals surface area contributed by atoms with Gasteiger partial charge in [-0.2, -0.15) is 0 Å². The molecule has 17 heavy (non-hydrogen) atoms. The molecule has 0 heterocycles. The number of hydrogen-bond donors (Lipinski definition) is 2. The number of hydrogen-bond acceptors (Lipinski definition) is 3. The first-order valence-corrected chi connectivity index (χ1v) is 5.08. The lowest BCUT2D eigenvalue weighted by Crippen LogP contribution is -2.10. The van der Waals surface area contributed by atoms with Gasteiger partial charge in [-0.3, -0.25) is 5.41 Å². The molecule has 0 spiro atoms. The number of nitrogen functional groups attached to an aromatic ring is 1. The summed E-state index contributed by atoms with van der Waals surface area (Å²) in [5, 5.41) is 9.20. The number of ether oxygens (including phenoxy) is 1. The zero-order valence-corrected chi connectivity index (χ0v) is 9.36. The first kappa shape index (κ1) is 11.1. The maximum atomic E-state index is 11.4. The molecule has 86 valence electrons. The zero-order valence-electron chi connectivity index (χ0n) is 9.36. The molecule has 0 aliphatic carbocycles. The van der Waals surface area contributed by atoms with Gasteiger partial charge in [-0.05, 0) is 29.0 Å². The number of esters is 1. The highest BCUT2D eigenvalue weighted by atomic mass is 16.5. The Balaban J connectivity index is 2.54. The highest BCUT2D eigenvalue weighted by Gasteiger charge is 2.06. The molecule has 2 aromatic carbocycles. The Morgan fingerprint density at radius 3 is 2.18 bits per heavy atom. The fourth-order valence-corrected chi connectivity index (χ4v) is 1.66. The zero-order chi connectivity index (χ0) is 12.4. The molecule has 0 bridgehead atoms. The van der Waals surface area contributed by atoms with E-state index < -0.39 is 0 Å². The second-order valence-electron chi connectivity index (χ2n) is 3.68. The van der Waals surface area contributed by atoms with E-state index in [1.807, 2.05) is 18.2 Å². The van der Waals surface area contributed by atoms with E-state index in [-0.39, 0.29) is 11.8 Å². The molecular formula is C13H12N2O2. The van der Waals surface area contributed by atoms with Crippen LogP contribution in [0.25, 0.3) is 10.8 Å². The molecule has 0 fully saturated rings. The van der Waals surface area contributed by atoms with E-state index in [4.69, 9.17) is 11.1 Å². The minimum absolute atomic E-state index is 0.0314. The van der Waals surface area contributed by atoms with Crippen LogP contribution in [0.1, 0.15) is 15.9 Å². The van der Waals surface area contributed by atoms with Crippen LogP contribution in [0.15, 0.2) is 36.4 Å². The van der Waals surface area contributed by atoms with Crippen LogP contribution in [0, 0.1) is 5.41 Å². The molecule has 2 rings (SSSR count). The van der Waals surface area contributed by atoms with Gasteiger partial charge in [0, 0.05) is 5.56 Å². The van der Waals surface area contributed by atoms with E-state index in [1.54, 1.807) is 18.2 Å². The summed E-state index contributed by atoms with van der Waals surface area (Å²) in [7, 11) is 1.35. The van der Waals surface area contributed by atoms with Gasteiger partial charge in [0.15, 0.2) is 0 Å². The van der Waals surface area contributed by atoms with E-state index >= 15 is 0 Å². The SMILES string of the molecule is COC(=O)c1ccc2cc(C(=N)N)ccc2c1. The van der Waals surface area contributed by atoms with Gasteiger partial charge < -0.3 is 10.5 Å². The molecule has 0 saturated heterocycles. The van der Waals surface area contributed by atoms with Crippen molar-refractivity contribution < 1.29 is 9.53 Å². The summed E-state index contributed by atoms with van der Waals surface area (Å²) < 4.78 is 4.65. The fourth-order valence-electron chi connectivity index (χ4n) is 1.66. The van der Waals surface area contributed by atoms with Gasteiger partial charge in [-0.15, -0.1) is 0 Å². The third-order valence-corrected chi connectivity index (χ3v) is 2.57. The number of fused-ring (bicyclic) bond motifs is 1. The van der Waals surface area contributed by atoms with Gasteiger partial charge in [0.2, 0.25) is 0 Å². The monoisotopic (exact) mass is 228 g/mol. The molecule has 0 radical (unpaired) electrons. The van der Waals surface area contributed by atoms with Crippen LogP contribution < -0.4 is 5.73 Å². The lowest BCUT2D eigenvalue weighted by atomic mass is 10.0. The van der Waals surface area contributed by atoms with Crippen molar-refractivity contribution >= 4 is 22.6 Å². The second kappa shape index (κ2) is 4.25. The third-order valence-electron chi connectivity index (χ3n) is 2.57. The quantitative estimate of drug-likeness (QED) is 0.468. The Morgan fingerprint density at radius 2 is 1.65 bits per heavy atom. The molecule has 4 nitrogen and oxygen atoms in total. The molecule has 0 unspecified atom stereocenters. The van der Waals surface area contributed by atoms with Crippen LogP contribution >= 0.6 is 0 Å². The third kappa shape index (κ3) is 2.10. The number of rotatable bonds is 2. The average Bonchev–Trinajstić information content (AvgIpc) is 2.36. The minimum atomic E-state index is -0.359. The van der Waals surface area contributed by atoms with Crippen molar-refractivity contribution in [3.05, 3.63) is 47.5 Å². The number of nitrogens with one attached hydrogen (secondary N) is 1. The van der Waals surface area contributed by atoms with Crippen molar-refractivity contribution in [1.29, 1.82) is 5.41 Å². The lowest BCUT2D eigenvalue weighted by molar-refractivity contribution is 0.0601. The summed E-state index contributed by atoms with van der Waals surface area (Å²) >= 11 is 0. The predicted molar refractivity (Wildman–Crippen MR) is 66.3 cm³/mol. The number of carbonyl (C=O) groups excluding carboxylic acids is 1. The van der Waals surface area contributed by atoms with Crippen LogP contribution in [-0.4, -0.2) is 18.9 Å². The number of amidine groups is 1. The fraction of sp³-hybridized carbons (Fsp3) is 0.0769. The van der Waals surface area contributed by atoms with Gasteiger partial charge in [0.05, 0.1) is 12.7 Å². The van der Waals surface area contributed by atoms with Crippen molar-refractivity contribution in [1.82, 2.24) is 0 Å². The minimum Gasteiger partial charge on any atom is -0.465 e. The number of nitrogens with two attached hydrogens (primary N) is 1. The van der Waals surface area contributed by atoms with Gasteiger partial charge in [0.25, 0.3) is 0 Å². The van der Waals surface area contributed by atoms with Crippen LogP contribution in [0.3, 0.4) is 0 Å². The van der Waals surface area contributed by atoms with E-state index in [0.717, 1.165) is 10.8 Å². The Morgan fingerprint density at radius 1 is 1.12 bits per heavy atom. The maximum absolute atomic E-state index is 11.4. The van der Waals surface area contributed by atoms with Crippen molar-refractivity contribution in [2.45, 2.75) is 0 Å². The summed E-state index contributed by atoms with van der Waals surface area (Å²) in [6.45, 7) is 0.